The Labute approximate surface area is 150 Å². The Morgan fingerprint density at radius 3 is 2.75 bits per heavy atom. The number of carbonyl (C=O) groups excluding carboxylic acids is 1. The largest absolute Gasteiger partial charge is 0.489 e. The summed E-state index contributed by atoms with van der Waals surface area (Å²) in [6, 6.07) is -0.721. The van der Waals surface area contributed by atoms with E-state index >= 15 is 0 Å². The average molecular weight is 446 g/mol. The van der Waals surface area contributed by atoms with E-state index in [4.69, 9.17) is 0 Å². The van der Waals surface area contributed by atoms with E-state index in [2.05, 4.69) is 27.9 Å². The van der Waals surface area contributed by atoms with Gasteiger partial charge in [0, 0.05) is 21.4 Å². The number of halogens is 4. The van der Waals surface area contributed by atoms with Crippen molar-refractivity contribution >= 4 is 28.4 Å². The van der Waals surface area contributed by atoms with Crippen LogP contribution in [0, 0.1) is 5.41 Å². The number of hydrogen-bond acceptors (Lipinski definition) is 3. The molecule has 1 spiro atoms. The average Bonchev–Trinajstić information content (AvgIpc) is 2.66. The maximum atomic E-state index is 13.8. The quantitative estimate of drug-likeness (QED) is 0.450. The van der Waals surface area contributed by atoms with Crippen LogP contribution in [-0.4, -0.2) is 23.0 Å². The van der Waals surface area contributed by atoms with Gasteiger partial charge in [-0.2, -0.15) is 0 Å². The summed E-state index contributed by atoms with van der Waals surface area (Å²) in [5.41, 5.74) is -0.203. The second kappa shape index (κ2) is 5.24. The molecule has 0 aromatic heterocycles. The zero-order chi connectivity index (χ0) is 17.1. The fourth-order valence-corrected chi connectivity index (χ4v) is 4.73. The molecule has 0 amide bonds. The monoisotopic (exact) mass is 446 g/mol. The van der Waals surface area contributed by atoms with Crippen LogP contribution in [0.1, 0.15) is 19.3 Å². The lowest BCUT2D eigenvalue weighted by molar-refractivity contribution is -0.218. The van der Waals surface area contributed by atoms with Crippen molar-refractivity contribution in [2.24, 2.45) is 5.41 Å². The number of likely N-dealkylation sites (tertiary alicyclic amines) is 1. The van der Waals surface area contributed by atoms with Crippen molar-refractivity contribution in [3.8, 4) is 0 Å². The number of alkyl halides is 3. The van der Waals surface area contributed by atoms with Crippen LogP contribution in [0.15, 0.2) is 57.1 Å². The lowest BCUT2D eigenvalue weighted by atomic mass is 9.67. The second-order valence-corrected chi connectivity index (χ2v) is 7.42. The molecule has 2 heterocycles. The highest BCUT2D eigenvalue weighted by Gasteiger charge is 2.62. The maximum absolute atomic E-state index is 13.8. The number of hydrogen-bond donors (Lipinski definition) is 1. The lowest BCUT2D eigenvalue weighted by Crippen LogP contribution is -2.51. The fraction of sp³-hybridized carbons (Fsp3) is 0.353. The van der Waals surface area contributed by atoms with E-state index in [-0.39, 0.29) is 23.6 Å². The Hall–Kier alpha value is -1.51. The van der Waals surface area contributed by atoms with Gasteiger partial charge in [0.1, 0.15) is 6.04 Å². The molecule has 4 aliphatic rings. The van der Waals surface area contributed by atoms with Gasteiger partial charge in [-0.25, -0.2) is 0 Å². The number of nitrogens with zero attached hydrogens (tertiary/aromatic N) is 1. The molecule has 2 atom stereocenters. The van der Waals surface area contributed by atoms with Gasteiger partial charge in [0.05, 0.1) is 5.41 Å². The number of fused-ring (bicyclic) bond motifs is 1. The van der Waals surface area contributed by atoms with Gasteiger partial charge in [0.2, 0.25) is 0 Å². The number of ketones is 1. The molecule has 126 valence electrons. The predicted octanol–water partition coefficient (Wildman–Crippen LogP) is 4.07. The van der Waals surface area contributed by atoms with Gasteiger partial charge >= 0.3 is 6.30 Å². The van der Waals surface area contributed by atoms with Crippen LogP contribution in [0.25, 0.3) is 0 Å². The normalized spacial score (nSPS) is 31.8. The van der Waals surface area contributed by atoms with Gasteiger partial charge in [-0.3, -0.25) is 9.69 Å². The molecule has 7 heteroatoms. The topological polar surface area (TPSA) is 32.3 Å². The summed E-state index contributed by atoms with van der Waals surface area (Å²) in [5.74, 6) is -0.0967. The lowest BCUT2D eigenvalue weighted by Gasteiger charge is -2.39. The maximum Gasteiger partial charge on any atom is 0.489 e. The smallest absolute Gasteiger partial charge is 0.380 e. The van der Waals surface area contributed by atoms with E-state index in [0.29, 0.717) is 23.3 Å². The van der Waals surface area contributed by atoms with Crippen molar-refractivity contribution in [1.29, 1.82) is 0 Å². The number of allylic oxidation sites excluding steroid dienone is 6. The van der Waals surface area contributed by atoms with Gasteiger partial charge in [0.15, 0.2) is 5.78 Å². The van der Waals surface area contributed by atoms with Crippen LogP contribution < -0.4 is 5.32 Å². The molecule has 1 N–H and O–H groups in total. The van der Waals surface area contributed by atoms with Gasteiger partial charge < -0.3 is 5.32 Å². The van der Waals surface area contributed by atoms with Crippen LogP contribution in [0.2, 0.25) is 0 Å². The molecular formula is C17H14F3IN2O. The molecule has 2 aliphatic heterocycles. The van der Waals surface area contributed by atoms with Gasteiger partial charge in [-0.15, -0.1) is 13.2 Å². The third kappa shape index (κ3) is 2.06. The number of nitrogens with one attached hydrogen (secondary N) is 1. The number of carbonyl (C=O) groups is 1. The molecule has 0 aromatic rings. The van der Waals surface area contributed by atoms with E-state index in [1.165, 1.54) is 6.08 Å². The summed E-state index contributed by atoms with van der Waals surface area (Å²) in [7, 11) is 0. The third-order valence-corrected chi connectivity index (χ3v) is 5.55. The Morgan fingerprint density at radius 2 is 2.00 bits per heavy atom. The van der Waals surface area contributed by atoms with Crippen LogP contribution in [0.4, 0.5) is 13.2 Å². The Balaban J connectivity index is 2.03. The van der Waals surface area contributed by atoms with Gasteiger partial charge in [-0.1, -0.05) is 24.3 Å². The summed E-state index contributed by atoms with van der Waals surface area (Å²) >= 11 is 2.09. The van der Waals surface area contributed by atoms with E-state index in [0.717, 1.165) is 3.58 Å². The highest BCUT2D eigenvalue weighted by molar-refractivity contribution is 14.1. The molecule has 0 radical (unpaired) electrons. The Kier molecular flexibility index (Phi) is 3.49. The van der Waals surface area contributed by atoms with Crippen LogP contribution in [0.3, 0.4) is 0 Å². The van der Waals surface area contributed by atoms with Crippen LogP contribution in [-0.2, 0) is 4.79 Å². The number of rotatable bonds is 0. The minimum Gasteiger partial charge on any atom is -0.380 e. The molecule has 1 fully saturated rings. The molecular weight excluding hydrogens is 432 g/mol. The van der Waals surface area contributed by atoms with E-state index < -0.39 is 17.8 Å². The Bertz CT molecular complexity index is 775. The first-order valence-corrected chi connectivity index (χ1v) is 8.76. The molecule has 24 heavy (non-hydrogen) atoms. The highest BCUT2D eigenvalue weighted by Crippen LogP contribution is 2.60. The summed E-state index contributed by atoms with van der Waals surface area (Å²) in [4.78, 5) is 13.0. The van der Waals surface area contributed by atoms with Crippen molar-refractivity contribution < 1.29 is 18.0 Å². The van der Waals surface area contributed by atoms with Gasteiger partial charge in [-0.05, 0) is 53.3 Å². The van der Waals surface area contributed by atoms with Crippen molar-refractivity contribution in [3.63, 3.8) is 0 Å². The fourth-order valence-electron chi connectivity index (χ4n) is 4.06. The molecule has 4 rings (SSSR count). The van der Waals surface area contributed by atoms with Crippen molar-refractivity contribution in [3.05, 3.63) is 57.1 Å². The number of Topliss-reactive ketones (excluding diaryl/α,β-unsaturated/α-hetero) is 1. The SMILES string of the molecule is O=C1CC=C2N(C(F)(F)F)C3=CCCC=C3C23C=C(I)C=CNC13. The third-order valence-electron chi connectivity index (χ3n) is 4.88. The first kappa shape index (κ1) is 16.0. The summed E-state index contributed by atoms with van der Waals surface area (Å²) in [6.45, 7) is 0. The predicted molar refractivity (Wildman–Crippen MR) is 91.6 cm³/mol. The van der Waals surface area contributed by atoms with Crippen molar-refractivity contribution in [2.75, 3.05) is 0 Å². The van der Waals surface area contributed by atoms with Crippen molar-refractivity contribution in [1.82, 2.24) is 10.2 Å². The minimum absolute atomic E-state index is 0.000148. The van der Waals surface area contributed by atoms with Crippen LogP contribution >= 0.6 is 22.6 Å². The Morgan fingerprint density at radius 1 is 1.25 bits per heavy atom. The zero-order valence-electron chi connectivity index (χ0n) is 12.5. The summed E-state index contributed by atoms with van der Waals surface area (Å²) < 4.78 is 42.3. The first-order valence-electron chi connectivity index (χ1n) is 7.68. The first-order chi connectivity index (χ1) is 11.4. The highest BCUT2D eigenvalue weighted by atomic mass is 127. The minimum atomic E-state index is -4.53. The standard InChI is InChI=1S/C17H14F3IN2O/c18-17(19,20)23-12-4-2-1-3-11(12)16-9-10(21)7-8-22-15(16)13(24)5-6-14(16)23/h3-4,6-9,15,22H,1-2,5H2. The summed E-state index contributed by atoms with van der Waals surface area (Å²) in [5, 5.41) is 3.04. The molecule has 3 nitrogen and oxygen atoms in total. The van der Waals surface area contributed by atoms with Gasteiger partial charge in [0.25, 0.3) is 0 Å². The summed E-state index contributed by atoms with van der Waals surface area (Å²) in [6.07, 6.45) is 6.89. The zero-order valence-corrected chi connectivity index (χ0v) is 14.7. The second-order valence-electron chi connectivity index (χ2n) is 6.18. The van der Waals surface area contributed by atoms with Crippen LogP contribution in [0.5, 0.6) is 0 Å². The molecule has 0 aromatic carbocycles. The van der Waals surface area contributed by atoms with Crippen molar-refractivity contribution in [2.45, 2.75) is 31.6 Å². The van der Waals surface area contributed by atoms with E-state index in [9.17, 15) is 18.0 Å². The molecule has 1 saturated heterocycles. The van der Waals surface area contributed by atoms with E-state index in [1.54, 1.807) is 24.4 Å². The molecule has 2 unspecified atom stereocenters. The van der Waals surface area contributed by atoms with E-state index in [1.807, 2.05) is 6.08 Å². The molecule has 0 saturated carbocycles. The molecule has 0 bridgehead atoms. The molecule has 2 aliphatic carbocycles.